The maximum Gasteiger partial charge on any atom is 0.276 e. The van der Waals surface area contributed by atoms with Crippen molar-refractivity contribution in [3.63, 3.8) is 0 Å². The lowest BCUT2D eigenvalue weighted by molar-refractivity contribution is 0.0501. The molecule has 1 amide bonds. The number of aryl methyl sites for hydroxylation is 1. The van der Waals surface area contributed by atoms with E-state index in [1.165, 1.54) is 6.39 Å². The van der Waals surface area contributed by atoms with E-state index in [1.807, 2.05) is 19.1 Å². The molecule has 2 aromatic rings. The Labute approximate surface area is 135 Å². The lowest BCUT2D eigenvalue weighted by Gasteiger charge is -2.25. The largest absolute Gasteiger partial charge is 0.448 e. The molecule has 3 heterocycles. The van der Waals surface area contributed by atoms with Gasteiger partial charge >= 0.3 is 0 Å². The summed E-state index contributed by atoms with van der Waals surface area (Å²) in [6, 6.07) is 3.83. The van der Waals surface area contributed by atoms with Gasteiger partial charge in [0.25, 0.3) is 5.91 Å². The molecule has 6 heteroatoms. The normalized spacial score (nSPS) is 17.3. The Hall–Kier alpha value is -2.21. The molecular formula is C17H21N3O3. The van der Waals surface area contributed by atoms with Crippen molar-refractivity contribution in [2.45, 2.75) is 38.8 Å². The van der Waals surface area contributed by atoms with Crippen LogP contribution in [0.5, 0.6) is 0 Å². The second kappa shape index (κ2) is 7.37. The summed E-state index contributed by atoms with van der Waals surface area (Å²) in [6.07, 6.45) is 7.58. The maximum atomic E-state index is 12.9. The lowest BCUT2D eigenvalue weighted by atomic mass is 10.1. The molecular weight excluding hydrogens is 294 g/mol. The zero-order valence-corrected chi connectivity index (χ0v) is 13.3. The molecule has 0 aromatic carbocycles. The van der Waals surface area contributed by atoms with Gasteiger partial charge in [-0.1, -0.05) is 6.92 Å². The fraction of sp³-hybridized carbons (Fsp3) is 0.471. The summed E-state index contributed by atoms with van der Waals surface area (Å²) in [5.74, 6) is 0.519. The molecule has 2 aromatic heterocycles. The van der Waals surface area contributed by atoms with Gasteiger partial charge in [-0.05, 0) is 30.5 Å². The molecule has 0 radical (unpaired) electrons. The smallest absolute Gasteiger partial charge is 0.276 e. The highest BCUT2D eigenvalue weighted by molar-refractivity contribution is 5.93. The number of amides is 1. The number of carbonyl (C=O) groups excluding carboxylic acids is 1. The molecule has 1 unspecified atom stereocenters. The predicted octanol–water partition coefficient (Wildman–Crippen LogP) is 2.45. The number of carbonyl (C=O) groups is 1. The van der Waals surface area contributed by atoms with E-state index in [2.05, 4.69) is 9.97 Å². The minimum absolute atomic E-state index is 0.0952. The molecule has 23 heavy (non-hydrogen) atoms. The van der Waals surface area contributed by atoms with Crippen molar-refractivity contribution >= 4 is 5.91 Å². The minimum atomic E-state index is -0.108. The van der Waals surface area contributed by atoms with Crippen LogP contribution in [0, 0.1) is 0 Å². The zero-order chi connectivity index (χ0) is 16.1. The highest BCUT2D eigenvalue weighted by atomic mass is 16.5. The molecule has 1 atom stereocenters. The monoisotopic (exact) mass is 315 g/mol. The van der Waals surface area contributed by atoms with Crippen molar-refractivity contribution in [3.05, 3.63) is 47.9 Å². The summed E-state index contributed by atoms with van der Waals surface area (Å²) in [4.78, 5) is 22.8. The van der Waals surface area contributed by atoms with Gasteiger partial charge in [-0.3, -0.25) is 9.78 Å². The molecule has 0 aliphatic carbocycles. The van der Waals surface area contributed by atoms with Gasteiger partial charge in [-0.25, -0.2) is 4.98 Å². The van der Waals surface area contributed by atoms with Crippen molar-refractivity contribution in [2.24, 2.45) is 0 Å². The number of ether oxygens (including phenoxy) is 1. The Balaban J connectivity index is 1.80. The SMILES string of the molecule is CCc1ocnc1C(=O)N(Cc1ccncc1)CC1CCCO1. The molecule has 0 N–H and O–H groups in total. The van der Waals surface area contributed by atoms with Crippen LogP contribution in [0.25, 0.3) is 0 Å². The van der Waals surface area contributed by atoms with Crippen molar-refractivity contribution in [1.29, 1.82) is 0 Å². The van der Waals surface area contributed by atoms with Crippen LogP contribution in [-0.2, 0) is 17.7 Å². The van der Waals surface area contributed by atoms with Crippen LogP contribution in [0.1, 0.15) is 41.6 Å². The fourth-order valence-corrected chi connectivity index (χ4v) is 2.81. The summed E-state index contributed by atoms with van der Waals surface area (Å²) < 4.78 is 11.0. The van der Waals surface area contributed by atoms with Gasteiger partial charge < -0.3 is 14.1 Å². The van der Waals surface area contributed by atoms with E-state index in [1.54, 1.807) is 17.3 Å². The van der Waals surface area contributed by atoms with Crippen LogP contribution in [0.2, 0.25) is 0 Å². The third kappa shape index (κ3) is 3.76. The second-order valence-corrected chi connectivity index (χ2v) is 5.65. The average molecular weight is 315 g/mol. The van der Waals surface area contributed by atoms with Gasteiger partial charge in [-0.15, -0.1) is 0 Å². The van der Waals surface area contributed by atoms with Crippen LogP contribution < -0.4 is 0 Å². The minimum Gasteiger partial charge on any atom is -0.448 e. The molecule has 1 saturated heterocycles. The summed E-state index contributed by atoms with van der Waals surface area (Å²) in [7, 11) is 0. The summed E-state index contributed by atoms with van der Waals surface area (Å²) in [5, 5.41) is 0. The third-order valence-corrected chi connectivity index (χ3v) is 4.02. The Kier molecular flexibility index (Phi) is 5.02. The number of hydrogen-bond acceptors (Lipinski definition) is 5. The molecule has 0 saturated carbocycles. The van der Waals surface area contributed by atoms with E-state index in [9.17, 15) is 4.79 Å². The lowest BCUT2D eigenvalue weighted by Crippen LogP contribution is -2.37. The molecule has 0 spiro atoms. The van der Waals surface area contributed by atoms with Gasteiger partial charge in [0, 0.05) is 38.5 Å². The number of hydrogen-bond donors (Lipinski definition) is 0. The summed E-state index contributed by atoms with van der Waals surface area (Å²) in [6.45, 7) is 3.80. The number of nitrogens with zero attached hydrogens (tertiary/aromatic N) is 3. The highest BCUT2D eigenvalue weighted by Crippen LogP contribution is 2.18. The Morgan fingerprint density at radius 2 is 2.22 bits per heavy atom. The highest BCUT2D eigenvalue weighted by Gasteiger charge is 2.26. The van der Waals surface area contributed by atoms with Gasteiger partial charge in [0.05, 0.1) is 6.10 Å². The first kappa shape index (κ1) is 15.7. The van der Waals surface area contributed by atoms with Crippen LogP contribution in [0.3, 0.4) is 0 Å². The first-order valence-corrected chi connectivity index (χ1v) is 8.00. The van der Waals surface area contributed by atoms with E-state index in [-0.39, 0.29) is 12.0 Å². The summed E-state index contributed by atoms with van der Waals surface area (Å²) in [5.41, 5.74) is 1.44. The third-order valence-electron chi connectivity index (χ3n) is 4.02. The molecule has 0 bridgehead atoms. The van der Waals surface area contributed by atoms with Gasteiger partial charge in [0.15, 0.2) is 12.1 Å². The number of oxazole rings is 1. The maximum absolute atomic E-state index is 12.9. The van der Waals surface area contributed by atoms with Crippen LogP contribution in [0.15, 0.2) is 35.3 Å². The zero-order valence-electron chi connectivity index (χ0n) is 13.3. The molecule has 3 rings (SSSR count). The van der Waals surface area contributed by atoms with Crippen molar-refractivity contribution in [1.82, 2.24) is 14.9 Å². The van der Waals surface area contributed by atoms with Crippen LogP contribution in [-0.4, -0.2) is 40.0 Å². The van der Waals surface area contributed by atoms with E-state index < -0.39 is 0 Å². The first-order chi connectivity index (χ1) is 11.3. The number of pyridine rings is 1. The quantitative estimate of drug-likeness (QED) is 0.819. The molecule has 6 nitrogen and oxygen atoms in total. The van der Waals surface area contributed by atoms with Crippen LogP contribution in [0.4, 0.5) is 0 Å². The van der Waals surface area contributed by atoms with Gasteiger partial charge in [0.1, 0.15) is 5.76 Å². The van der Waals surface area contributed by atoms with Crippen molar-refractivity contribution in [3.8, 4) is 0 Å². The number of aromatic nitrogens is 2. The predicted molar refractivity (Wildman–Crippen MR) is 83.8 cm³/mol. The van der Waals surface area contributed by atoms with Crippen molar-refractivity contribution < 1.29 is 13.9 Å². The average Bonchev–Trinajstić information content (AvgIpc) is 3.25. The van der Waals surface area contributed by atoms with Crippen LogP contribution >= 0.6 is 0 Å². The van der Waals surface area contributed by atoms with E-state index >= 15 is 0 Å². The first-order valence-electron chi connectivity index (χ1n) is 8.00. The molecule has 1 aliphatic heterocycles. The topological polar surface area (TPSA) is 68.5 Å². The van der Waals surface area contributed by atoms with E-state index in [4.69, 9.17) is 9.15 Å². The molecule has 122 valence electrons. The van der Waals surface area contributed by atoms with E-state index in [0.29, 0.717) is 31.0 Å². The van der Waals surface area contributed by atoms with Gasteiger partial charge in [0.2, 0.25) is 0 Å². The fourth-order valence-electron chi connectivity index (χ4n) is 2.81. The Morgan fingerprint density at radius 3 is 2.91 bits per heavy atom. The molecule has 1 fully saturated rings. The van der Waals surface area contributed by atoms with Crippen molar-refractivity contribution in [2.75, 3.05) is 13.2 Å². The van der Waals surface area contributed by atoms with Gasteiger partial charge in [-0.2, -0.15) is 0 Å². The Bertz CT molecular complexity index is 636. The molecule has 1 aliphatic rings. The second-order valence-electron chi connectivity index (χ2n) is 5.65. The van der Waals surface area contributed by atoms with E-state index in [0.717, 1.165) is 25.0 Å². The summed E-state index contributed by atoms with van der Waals surface area (Å²) >= 11 is 0. The standard InChI is InChI=1S/C17H21N3O3/c1-2-15-16(19-12-23-15)17(21)20(11-14-4-3-9-22-14)10-13-5-7-18-8-6-13/h5-8,12,14H,2-4,9-11H2,1H3. The Morgan fingerprint density at radius 1 is 1.39 bits per heavy atom. The number of rotatable bonds is 6.